The first-order valence-corrected chi connectivity index (χ1v) is 10.2. The molecule has 0 aromatic heterocycles. The Balaban J connectivity index is 0.00000171. The summed E-state index contributed by atoms with van der Waals surface area (Å²) in [5.41, 5.74) is 9.04. The third kappa shape index (κ3) is 7.03. The summed E-state index contributed by atoms with van der Waals surface area (Å²) >= 11 is 0. The van der Waals surface area contributed by atoms with E-state index < -0.39 is 0 Å². The van der Waals surface area contributed by atoms with Gasteiger partial charge in [0.05, 0.1) is 7.11 Å². The molecule has 1 aliphatic rings. The average molecular weight is 497 g/mol. The second-order valence-corrected chi connectivity index (χ2v) is 7.61. The van der Waals surface area contributed by atoms with Crippen LogP contribution in [0.3, 0.4) is 0 Å². The summed E-state index contributed by atoms with van der Waals surface area (Å²) in [6, 6.07) is 20.8. The molecule has 32 heavy (non-hydrogen) atoms. The summed E-state index contributed by atoms with van der Waals surface area (Å²) < 4.78 is 5.66. The van der Waals surface area contributed by atoms with Crippen LogP contribution in [0.2, 0.25) is 0 Å². The Morgan fingerprint density at radius 3 is 2.19 bits per heavy atom. The number of fused-ring (bicyclic) bond motifs is 1. The number of hydrogen-bond donors (Lipinski definition) is 1. The summed E-state index contributed by atoms with van der Waals surface area (Å²) in [5.74, 6) is 0.984. The number of nitrogen functional groups attached to an aromatic ring is 1. The highest BCUT2D eigenvalue weighted by Crippen LogP contribution is 2.29. The number of nitrogens with two attached hydrogens (primary N) is 1. The van der Waals surface area contributed by atoms with Gasteiger partial charge in [0.1, 0.15) is 5.75 Å². The zero-order valence-electron chi connectivity index (χ0n) is 18.3. The van der Waals surface area contributed by atoms with E-state index in [1.807, 2.05) is 12.1 Å². The van der Waals surface area contributed by atoms with Gasteiger partial charge in [-0.25, -0.2) is 0 Å². The molecule has 2 N–H and O–H groups in total. The maximum Gasteiger partial charge on any atom is 0.123 e. The smallest absolute Gasteiger partial charge is 0.123 e. The SMILES string of the molecule is COc1ccc2ccccc2c1CN1CCN(C/C=C/c2ccc(N)cc2)CC1.Cl.Cl.Cl. The lowest BCUT2D eigenvalue weighted by molar-refractivity contribution is 0.136. The van der Waals surface area contributed by atoms with Gasteiger partial charge in [-0.3, -0.25) is 9.80 Å². The number of anilines is 1. The van der Waals surface area contributed by atoms with E-state index in [0.29, 0.717) is 0 Å². The number of rotatable bonds is 6. The van der Waals surface area contributed by atoms with Crippen molar-refractivity contribution >= 4 is 59.8 Å². The van der Waals surface area contributed by atoms with Crippen molar-refractivity contribution in [2.45, 2.75) is 6.54 Å². The van der Waals surface area contributed by atoms with Crippen molar-refractivity contribution in [2.24, 2.45) is 0 Å². The molecule has 174 valence electrons. The number of nitrogens with zero attached hydrogens (tertiary/aromatic N) is 2. The maximum absolute atomic E-state index is 5.74. The Hall–Kier alpha value is -1.95. The van der Waals surface area contributed by atoms with E-state index >= 15 is 0 Å². The Kier molecular flexibility index (Phi) is 11.9. The first-order chi connectivity index (χ1) is 14.2. The molecular formula is C25H32Cl3N3O. The maximum atomic E-state index is 5.74. The first-order valence-electron chi connectivity index (χ1n) is 10.2. The zero-order chi connectivity index (χ0) is 20.1. The van der Waals surface area contributed by atoms with E-state index in [9.17, 15) is 0 Å². The zero-order valence-corrected chi connectivity index (χ0v) is 20.7. The number of hydrogen-bond acceptors (Lipinski definition) is 4. The van der Waals surface area contributed by atoms with Crippen molar-refractivity contribution in [3.63, 3.8) is 0 Å². The monoisotopic (exact) mass is 495 g/mol. The van der Waals surface area contributed by atoms with Crippen LogP contribution in [-0.2, 0) is 6.54 Å². The minimum Gasteiger partial charge on any atom is -0.496 e. The predicted molar refractivity (Wildman–Crippen MR) is 144 cm³/mol. The molecule has 0 atom stereocenters. The highest BCUT2D eigenvalue weighted by atomic mass is 35.5. The molecule has 0 saturated carbocycles. The van der Waals surface area contributed by atoms with Crippen LogP contribution in [0.15, 0.2) is 66.7 Å². The van der Waals surface area contributed by atoms with E-state index in [4.69, 9.17) is 10.5 Å². The molecule has 3 aromatic rings. The number of methoxy groups -OCH3 is 1. The largest absolute Gasteiger partial charge is 0.496 e. The number of halogens is 3. The Morgan fingerprint density at radius 1 is 0.844 bits per heavy atom. The van der Waals surface area contributed by atoms with Gasteiger partial charge in [-0.1, -0.05) is 54.6 Å². The Labute approximate surface area is 209 Å². The summed E-state index contributed by atoms with van der Waals surface area (Å²) in [6.45, 7) is 6.22. The summed E-state index contributed by atoms with van der Waals surface area (Å²) in [6.07, 6.45) is 4.42. The molecule has 4 rings (SSSR count). The topological polar surface area (TPSA) is 41.7 Å². The second-order valence-electron chi connectivity index (χ2n) is 7.61. The fourth-order valence-corrected chi connectivity index (χ4v) is 3.97. The van der Waals surface area contributed by atoms with E-state index in [-0.39, 0.29) is 37.2 Å². The second kappa shape index (κ2) is 13.6. The van der Waals surface area contributed by atoms with E-state index in [0.717, 1.165) is 50.7 Å². The Morgan fingerprint density at radius 2 is 1.50 bits per heavy atom. The van der Waals surface area contributed by atoms with Crippen LogP contribution in [0, 0.1) is 0 Å². The molecule has 0 aliphatic carbocycles. The third-order valence-corrected chi connectivity index (χ3v) is 5.67. The standard InChI is InChI=1S/C25H29N3O.3ClH/c1-29-25-13-10-21-6-2-3-7-23(21)24(25)19-28-17-15-27(16-18-28)14-4-5-20-8-11-22(26)12-9-20;;;/h2-13H,14-19,26H2,1H3;3*1H/b5-4+;;;. The van der Waals surface area contributed by atoms with Crippen LogP contribution in [0.5, 0.6) is 5.75 Å². The summed E-state index contributed by atoms with van der Waals surface area (Å²) in [4.78, 5) is 5.04. The minimum absolute atomic E-state index is 0. The fraction of sp³-hybridized carbons (Fsp3) is 0.280. The van der Waals surface area contributed by atoms with Crippen LogP contribution in [0.4, 0.5) is 5.69 Å². The van der Waals surface area contributed by atoms with Gasteiger partial charge in [-0.15, -0.1) is 37.2 Å². The summed E-state index contributed by atoms with van der Waals surface area (Å²) in [5, 5.41) is 2.57. The molecule has 1 fully saturated rings. The quantitative estimate of drug-likeness (QED) is 0.456. The molecule has 0 bridgehead atoms. The predicted octanol–water partition coefficient (Wildman–Crippen LogP) is 5.53. The molecule has 1 saturated heterocycles. The van der Waals surface area contributed by atoms with Crippen molar-refractivity contribution in [2.75, 3.05) is 45.6 Å². The Bertz CT molecular complexity index is 987. The molecule has 1 aliphatic heterocycles. The van der Waals surface area contributed by atoms with Crippen molar-refractivity contribution in [3.8, 4) is 5.75 Å². The molecular weight excluding hydrogens is 465 g/mol. The lowest BCUT2D eigenvalue weighted by Gasteiger charge is -2.34. The number of ether oxygens (including phenoxy) is 1. The molecule has 0 unspecified atom stereocenters. The fourth-order valence-electron chi connectivity index (χ4n) is 3.97. The molecule has 4 nitrogen and oxygen atoms in total. The van der Waals surface area contributed by atoms with Crippen molar-refractivity contribution in [3.05, 3.63) is 77.9 Å². The van der Waals surface area contributed by atoms with Crippen molar-refractivity contribution in [1.82, 2.24) is 9.80 Å². The lowest BCUT2D eigenvalue weighted by Crippen LogP contribution is -2.45. The van der Waals surface area contributed by atoms with Crippen LogP contribution in [-0.4, -0.2) is 49.6 Å². The molecule has 0 radical (unpaired) electrons. The molecule has 0 spiro atoms. The van der Waals surface area contributed by atoms with Gasteiger partial charge in [-0.2, -0.15) is 0 Å². The normalized spacial score (nSPS) is 14.4. The average Bonchev–Trinajstić information content (AvgIpc) is 2.76. The lowest BCUT2D eigenvalue weighted by atomic mass is 10.0. The van der Waals surface area contributed by atoms with Gasteiger partial charge in [0, 0.05) is 50.5 Å². The van der Waals surface area contributed by atoms with Crippen molar-refractivity contribution < 1.29 is 4.74 Å². The molecule has 1 heterocycles. The van der Waals surface area contributed by atoms with Gasteiger partial charge in [0.15, 0.2) is 0 Å². The minimum atomic E-state index is 0. The van der Waals surface area contributed by atoms with Crippen LogP contribution in [0.25, 0.3) is 16.8 Å². The van der Waals surface area contributed by atoms with E-state index in [1.54, 1.807) is 7.11 Å². The number of benzene rings is 3. The highest BCUT2D eigenvalue weighted by molar-refractivity contribution is 5.87. The van der Waals surface area contributed by atoms with Crippen LogP contribution < -0.4 is 10.5 Å². The molecule has 7 heteroatoms. The van der Waals surface area contributed by atoms with Crippen LogP contribution >= 0.6 is 37.2 Å². The van der Waals surface area contributed by atoms with Gasteiger partial charge in [0.25, 0.3) is 0 Å². The molecule has 0 amide bonds. The van der Waals surface area contributed by atoms with Crippen LogP contribution in [0.1, 0.15) is 11.1 Å². The van der Waals surface area contributed by atoms with Gasteiger partial charge in [-0.05, 0) is 34.5 Å². The van der Waals surface area contributed by atoms with Gasteiger partial charge in [0.2, 0.25) is 0 Å². The van der Waals surface area contributed by atoms with E-state index in [2.05, 4.69) is 70.5 Å². The van der Waals surface area contributed by atoms with Gasteiger partial charge < -0.3 is 10.5 Å². The highest BCUT2D eigenvalue weighted by Gasteiger charge is 2.18. The number of piperazine rings is 1. The van der Waals surface area contributed by atoms with Crippen molar-refractivity contribution in [1.29, 1.82) is 0 Å². The van der Waals surface area contributed by atoms with E-state index in [1.165, 1.54) is 21.9 Å². The summed E-state index contributed by atoms with van der Waals surface area (Å²) in [7, 11) is 1.76. The third-order valence-electron chi connectivity index (χ3n) is 5.67. The first kappa shape index (κ1) is 28.1. The molecule has 3 aromatic carbocycles. The van der Waals surface area contributed by atoms with Gasteiger partial charge >= 0.3 is 0 Å².